The number of rotatable bonds is 7. The van der Waals surface area contributed by atoms with Crippen LogP contribution in [0.5, 0.6) is 5.75 Å². The molecule has 0 radical (unpaired) electrons. The van der Waals surface area contributed by atoms with E-state index in [4.69, 9.17) is 9.47 Å². The maximum Gasteiger partial charge on any atom is 0.137 e. The Hall–Kier alpha value is -2.66. The van der Waals surface area contributed by atoms with Crippen molar-refractivity contribution in [3.63, 3.8) is 0 Å². The molecule has 0 bridgehead atoms. The van der Waals surface area contributed by atoms with Gasteiger partial charge in [0.15, 0.2) is 0 Å². The first-order chi connectivity index (χ1) is 11.4. The van der Waals surface area contributed by atoms with Crippen LogP contribution in [0.2, 0.25) is 0 Å². The molecule has 5 heteroatoms. The van der Waals surface area contributed by atoms with Crippen LogP contribution >= 0.6 is 0 Å². The molecule has 1 N–H and O–H groups in total. The van der Waals surface area contributed by atoms with Crippen molar-refractivity contribution in [2.45, 2.75) is 6.54 Å². The molecule has 3 rings (SSSR count). The average molecular weight is 309 g/mol. The third-order valence-electron chi connectivity index (χ3n) is 3.46. The van der Waals surface area contributed by atoms with Crippen molar-refractivity contribution in [2.24, 2.45) is 0 Å². The second-order valence-electron chi connectivity index (χ2n) is 5.08. The van der Waals surface area contributed by atoms with Gasteiger partial charge in [0.2, 0.25) is 0 Å². The van der Waals surface area contributed by atoms with E-state index >= 15 is 0 Å². The number of methoxy groups -OCH3 is 1. The highest BCUT2D eigenvalue weighted by Crippen LogP contribution is 2.20. The van der Waals surface area contributed by atoms with Crippen LogP contribution < -0.4 is 10.1 Å². The van der Waals surface area contributed by atoms with Crippen LogP contribution in [0.25, 0.3) is 10.9 Å². The fraction of sp³-hybridized carbons (Fsp3) is 0.222. The van der Waals surface area contributed by atoms with Crippen molar-refractivity contribution in [2.75, 3.05) is 25.6 Å². The summed E-state index contributed by atoms with van der Waals surface area (Å²) in [5, 5.41) is 4.38. The number of fused-ring (bicyclic) bond motifs is 1. The smallest absolute Gasteiger partial charge is 0.137 e. The number of benzene rings is 2. The van der Waals surface area contributed by atoms with E-state index in [-0.39, 0.29) is 0 Å². The molecule has 1 heterocycles. The van der Waals surface area contributed by atoms with E-state index in [1.807, 2.05) is 42.5 Å². The van der Waals surface area contributed by atoms with Gasteiger partial charge in [-0.25, -0.2) is 9.97 Å². The van der Waals surface area contributed by atoms with Gasteiger partial charge in [-0.3, -0.25) is 0 Å². The van der Waals surface area contributed by atoms with Gasteiger partial charge in [-0.2, -0.15) is 0 Å². The Balaban J connectivity index is 1.69. The molecular weight excluding hydrogens is 290 g/mol. The molecule has 23 heavy (non-hydrogen) atoms. The lowest BCUT2D eigenvalue weighted by Crippen LogP contribution is -2.05. The predicted octanol–water partition coefficient (Wildman–Crippen LogP) is 3.27. The first-order valence-corrected chi connectivity index (χ1v) is 7.51. The summed E-state index contributed by atoms with van der Waals surface area (Å²) >= 11 is 0. The van der Waals surface area contributed by atoms with Crippen molar-refractivity contribution in [1.29, 1.82) is 0 Å². The predicted molar refractivity (Wildman–Crippen MR) is 90.7 cm³/mol. The molecule has 1 aromatic heterocycles. The Bertz CT molecular complexity index is 772. The molecule has 2 aromatic carbocycles. The fourth-order valence-electron chi connectivity index (χ4n) is 2.32. The maximum atomic E-state index is 5.63. The van der Waals surface area contributed by atoms with Crippen molar-refractivity contribution in [3.8, 4) is 5.75 Å². The Morgan fingerprint density at radius 1 is 1.00 bits per heavy atom. The van der Waals surface area contributed by atoms with Crippen LogP contribution in [0.4, 0.5) is 5.82 Å². The van der Waals surface area contributed by atoms with Gasteiger partial charge in [0.05, 0.1) is 12.1 Å². The van der Waals surface area contributed by atoms with Crippen molar-refractivity contribution >= 4 is 16.7 Å². The molecule has 0 aliphatic rings. The van der Waals surface area contributed by atoms with Crippen LogP contribution in [0, 0.1) is 0 Å². The van der Waals surface area contributed by atoms with Crippen molar-refractivity contribution in [1.82, 2.24) is 9.97 Å². The largest absolute Gasteiger partial charge is 0.491 e. The minimum atomic E-state index is 0.546. The zero-order valence-electron chi connectivity index (χ0n) is 13.0. The lowest BCUT2D eigenvalue weighted by molar-refractivity contribution is 0.146. The minimum absolute atomic E-state index is 0.546. The number of hydrogen-bond donors (Lipinski definition) is 1. The second kappa shape index (κ2) is 7.56. The Morgan fingerprint density at radius 2 is 1.91 bits per heavy atom. The molecule has 0 saturated carbocycles. The van der Waals surface area contributed by atoms with E-state index in [1.54, 1.807) is 13.4 Å². The standard InChI is InChI=1S/C18H19N3O2/c1-22-9-10-23-15-6-4-5-14(11-15)12-19-18-16-7-2-3-8-17(16)20-13-21-18/h2-8,11,13H,9-10,12H2,1H3,(H,19,20,21). The van der Waals surface area contributed by atoms with Crippen LogP contribution in [-0.4, -0.2) is 30.3 Å². The van der Waals surface area contributed by atoms with Gasteiger partial charge in [0.25, 0.3) is 0 Å². The minimum Gasteiger partial charge on any atom is -0.491 e. The molecule has 0 atom stereocenters. The second-order valence-corrected chi connectivity index (χ2v) is 5.08. The topological polar surface area (TPSA) is 56.3 Å². The molecule has 5 nitrogen and oxygen atoms in total. The van der Waals surface area contributed by atoms with Gasteiger partial charge in [-0.1, -0.05) is 24.3 Å². The van der Waals surface area contributed by atoms with Crippen molar-refractivity contribution in [3.05, 3.63) is 60.4 Å². The van der Waals surface area contributed by atoms with Crippen LogP contribution in [0.1, 0.15) is 5.56 Å². The van der Waals surface area contributed by atoms with Crippen LogP contribution in [0.15, 0.2) is 54.9 Å². The number of anilines is 1. The van der Waals surface area contributed by atoms with E-state index in [9.17, 15) is 0 Å². The third-order valence-corrected chi connectivity index (χ3v) is 3.46. The quantitative estimate of drug-likeness (QED) is 0.679. The van der Waals surface area contributed by atoms with Gasteiger partial charge in [-0.15, -0.1) is 0 Å². The first kappa shape index (κ1) is 15.2. The molecule has 0 aliphatic carbocycles. The highest BCUT2D eigenvalue weighted by molar-refractivity contribution is 5.88. The molecule has 118 valence electrons. The molecule has 0 spiro atoms. The molecule has 0 fully saturated rings. The summed E-state index contributed by atoms with van der Waals surface area (Å²) in [6.45, 7) is 1.79. The highest BCUT2D eigenvalue weighted by Gasteiger charge is 2.03. The third kappa shape index (κ3) is 3.96. The average Bonchev–Trinajstić information content (AvgIpc) is 2.60. The molecule has 0 saturated heterocycles. The molecule has 0 unspecified atom stereocenters. The van der Waals surface area contributed by atoms with Gasteiger partial charge in [-0.05, 0) is 29.8 Å². The fourth-order valence-corrected chi connectivity index (χ4v) is 2.32. The van der Waals surface area contributed by atoms with Gasteiger partial charge < -0.3 is 14.8 Å². The van der Waals surface area contributed by atoms with Crippen LogP contribution in [-0.2, 0) is 11.3 Å². The van der Waals surface area contributed by atoms with Gasteiger partial charge in [0.1, 0.15) is 24.5 Å². The lowest BCUT2D eigenvalue weighted by Gasteiger charge is -2.10. The summed E-state index contributed by atoms with van der Waals surface area (Å²) in [6.07, 6.45) is 1.58. The Kier molecular flexibility index (Phi) is 5.01. The van der Waals surface area contributed by atoms with Crippen LogP contribution in [0.3, 0.4) is 0 Å². The zero-order valence-corrected chi connectivity index (χ0v) is 13.0. The van der Waals surface area contributed by atoms with E-state index in [0.717, 1.165) is 28.0 Å². The number of hydrogen-bond acceptors (Lipinski definition) is 5. The van der Waals surface area contributed by atoms with E-state index < -0.39 is 0 Å². The SMILES string of the molecule is COCCOc1cccc(CNc2ncnc3ccccc23)c1. The summed E-state index contributed by atoms with van der Waals surface area (Å²) in [6, 6.07) is 16.0. The zero-order chi connectivity index (χ0) is 15.9. The summed E-state index contributed by atoms with van der Waals surface area (Å²) in [5.74, 6) is 1.68. The lowest BCUT2D eigenvalue weighted by atomic mass is 10.2. The molecule has 0 aliphatic heterocycles. The summed E-state index contributed by atoms with van der Waals surface area (Å²) in [5.41, 5.74) is 2.06. The number of ether oxygens (including phenoxy) is 2. The molecule has 3 aromatic rings. The number of nitrogens with zero attached hydrogens (tertiary/aromatic N) is 2. The summed E-state index contributed by atoms with van der Waals surface area (Å²) in [7, 11) is 1.66. The molecular formula is C18H19N3O2. The monoisotopic (exact) mass is 309 g/mol. The number of nitrogens with one attached hydrogen (secondary N) is 1. The number of aromatic nitrogens is 2. The van der Waals surface area contributed by atoms with Crippen molar-refractivity contribution < 1.29 is 9.47 Å². The van der Waals surface area contributed by atoms with E-state index in [0.29, 0.717) is 19.8 Å². The first-order valence-electron chi connectivity index (χ1n) is 7.51. The Labute approximate surface area is 135 Å². The maximum absolute atomic E-state index is 5.63. The highest BCUT2D eigenvalue weighted by atomic mass is 16.5. The number of para-hydroxylation sites is 1. The molecule has 0 amide bonds. The van der Waals surface area contributed by atoms with E-state index in [2.05, 4.69) is 21.4 Å². The van der Waals surface area contributed by atoms with E-state index in [1.165, 1.54) is 0 Å². The summed E-state index contributed by atoms with van der Waals surface area (Å²) in [4.78, 5) is 8.60. The Morgan fingerprint density at radius 3 is 2.83 bits per heavy atom. The van der Waals surface area contributed by atoms with Gasteiger partial charge in [0, 0.05) is 19.0 Å². The summed E-state index contributed by atoms with van der Waals surface area (Å²) < 4.78 is 10.6. The van der Waals surface area contributed by atoms with Gasteiger partial charge >= 0.3 is 0 Å². The normalized spacial score (nSPS) is 10.7.